The molecule has 1 heterocycles. The maximum atomic E-state index is 11.1. The molecule has 3 rings (SSSR count). The molecule has 0 aliphatic heterocycles. The van der Waals surface area contributed by atoms with E-state index < -0.39 is 5.76 Å². The minimum Gasteiger partial charge on any atom is -0.408 e. The molecular formula is C17H18N2O2. The molecule has 0 saturated carbocycles. The van der Waals surface area contributed by atoms with Crippen molar-refractivity contribution in [1.29, 1.82) is 0 Å². The quantitative estimate of drug-likeness (QED) is 0.749. The van der Waals surface area contributed by atoms with Gasteiger partial charge in [0.1, 0.15) is 0 Å². The smallest absolute Gasteiger partial charge is 0.408 e. The van der Waals surface area contributed by atoms with Gasteiger partial charge in [-0.25, -0.2) is 4.79 Å². The highest BCUT2D eigenvalue weighted by Crippen LogP contribution is 2.20. The van der Waals surface area contributed by atoms with Gasteiger partial charge in [0.05, 0.1) is 5.52 Å². The molecule has 4 heteroatoms. The number of H-pyrrole nitrogens is 1. The average molecular weight is 282 g/mol. The molecule has 108 valence electrons. The molecule has 0 bridgehead atoms. The average Bonchev–Trinajstić information content (AvgIpc) is 2.87. The number of fused-ring (bicyclic) bond motifs is 1. The number of hydrogen-bond acceptors (Lipinski definition) is 3. The van der Waals surface area contributed by atoms with Crippen LogP contribution in [0.3, 0.4) is 0 Å². The topological polar surface area (TPSA) is 58.0 Å². The summed E-state index contributed by atoms with van der Waals surface area (Å²) in [5, 5.41) is 3.38. The number of rotatable bonds is 5. The largest absolute Gasteiger partial charge is 0.417 e. The molecule has 0 radical (unpaired) electrons. The molecule has 0 saturated heterocycles. The maximum absolute atomic E-state index is 11.1. The molecule has 1 unspecified atom stereocenters. The standard InChI is InChI=1S/C17H18N2O2/c1-12(13-5-3-2-4-6-13)9-10-18-14-7-8-16-15(11-14)19-17(20)21-16/h2-8,11-12,18H,9-10H2,1H3,(H,19,20). The summed E-state index contributed by atoms with van der Waals surface area (Å²) in [5.74, 6) is 0.0935. The Labute approximate surface area is 122 Å². The zero-order valence-corrected chi connectivity index (χ0v) is 11.9. The third-order valence-electron chi connectivity index (χ3n) is 3.69. The van der Waals surface area contributed by atoms with E-state index in [1.54, 1.807) is 6.07 Å². The van der Waals surface area contributed by atoms with Crippen molar-refractivity contribution in [2.75, 3.05) is 11.9 Å². The fourth-order valence-electron chi connectivity index (χ4n) is 2.44. The van der Waals surface area contributed by atoms with E-state index in [9.17, 15) is 4.79 Å². The van der Waals surface area contributed by atoms with Gasteiger partial charge in [0.2, 0.25) is 0 Å². The van der Waals surface area contributed by atoms with Crippen LogP contribution in [0.4, 0.5) is 5.69 Å². The van der Waals surface area contributed by atoms with Gasteiger partial charge in [0, 0.05) is 12.2 Å². The summed E-state index contributed by atoms with van der Waals surface area (Å²) in [7, 11) is 0. The SMILES string of the molecule is CC(CCNc1ccc2oc(=O)[nH]c2c1)c1ccccc1. The summed E-state index contributed by atoms with van der Waals surface area (Å²) in [5.41, 5.74) is 3.65. The molecule has 0 spiro atoms. The summed E-state index contributed by atoms with van der Waals surface area (Å²) in [4.78, 5) is 13.8. The first-order valence-corrected chi connectivity index (χ1v) is 7.14. The molecule has 0 aliphatic carbocycles. The molecular weight excluding hydrogens is 264 g/mol. The van der Waals surface area contributed by atoms with Crippen LogP contribution in [0.2, 0.25) is 0 Å². The minimum atomic E-state index is -0.417. The Morgan fingerprint density at radius 3 is 2.81 bits per heavy atom. The van der Waals surface area contributed by atoms with Crippen molar-refractivity contribution >= 4 is 16.8 Å². The number of anilines is 1. The van der Waals surface area contributed by atoms with Gasteiger partial charge >= 0.3 is 5.76 Å². The fraction of sp³-hybridized carbons (Fsp3) is 0.235. The Hall–Kier alpha value is -2.49. The van der Waals surface area contributed by atoms with Gasteiger partial charge < -0.3 is 9.73 Å². The van der Waals surface area contributed by atoms with Gasteiger partial charge in [-0.05, 0) is 36.1 Å². The highest BCUT2D eigenvalue weighted by Gasteiger charge is 2.05. The lowest BCUT2D eigenvalue weighted by molar-refractivity contribution is 0.555. The Morgan fingerprint density at radius 2 is 2.00 bits per heavy atom. The van der Waals surface area contributed by atoms with Crippen molar-refractivity contribution in [3.05, 3.63) is 64.6 Å². The van der Waals surface area contributed by atoms with Crippen LogP contribution in [-0.2, 0) is 0 Å². The summed E-state index contributed by atoms with van der Waals surface area (Å²) in [6.07, 6.45) is 1.05. The van der Waals surface area contributed by atoms with E-state index in [4.69, 9.17) is 4.42 Å². The lowest BCUT2D eigenvalue weighted by Gasteiger charge is -2.13. The third-order valence-corrected chi connectivity index (χ3v) is 3.69. The van der Waals surface area contributed by atoms with Gasteiger partial charge in [-0.3, -0.25) is 4.98 Å². The van der Waals surface area contributed by atoms with Gasteiger partial charge in [0.15, 0.2) is 5.58 Å². The summed E-state index contributed by atoms with van der Waals surface area (Å²) in [6.45, 7) is 3.11. The van der Waals surface area contributed by atoms with Gasteiger partial charge in [-0.1, -0.05) is 37.3 Å². The first-order valence-electron chi connectivity index (χ1n) is 7.14. The zero-order valence-electron chi connectivity index (χ0n) is 11.9. The van der Waals surface area contributed by atoms with Crippen LogP contribution in [0.15, 0.2) is 57.7 Å². The second-order valence-electron chi connectivity index (χ2n) is 5.25. The van der Waals surface area contributed by atoms with Crippen LogP contribution in [0.1, 0.15) is 24.8 Å². The van der Waals surface area contributed by atoms with Crippen LogP contribution >= 0.6 is 0 Å². The summed E-state index contributed by atoms with van der Waals surface area (Å²) < 4.78 is 4.98. The number of hydrogen-bond donors (Lipinski definition) is 2. The molecule has 0 aliphatic rings. The monoisotopic (exact) mass is 282 g/mol. The van der Waals surface area contributed by atoms with Crippen molar-refractivity contribution in [2.45, 2.75) is 19.3 Å². The van der Waals surface area contributed by atoms with E-state index in [1.165, 1.54) is 5.56 Å². The number of oxazole rings is 1. The molecule has 1 atom stereocenters. The minimum absolute atomic E-state index is 0.417. The van der Waals surface area contributed by atoms with E-state index in [2.05, 4.69) is 41.5 Å². The molecule has 21 heavy (non-hydrogen) atoms. The van der Waals surface area contributed by atoms with Crippen molar-refractivity contribution in [1.82, 2.24) is 4.98 Å². The van der Waals surface area contributed by atoms with Crippen LogP contribution in [0.5, 0.6) is 0 Å². The molecule has 0 fully saturated rings. The van der Waals surface area contributed by atoms with Crippen molar-refractivity contribution in [3.8, 4) is 0 Å². The second-order valence-corrected chi connectivity index (χ2v) is 5.25. The lowest BCUT2D eigenvalue weighted by Crippen LogP contribution is -2.05. The van der Waals surface area contributed by atoms with Gasteiger partial charge in [-0.2, -0.15) is 0 Å². The molecule has 4 nitrogen and oxygen atoms in total. The number of nitrogens with one attached hydrogen (secondary N) is 2. The first kappa shape index (κ1) is 13.5. The van der Waals surface area contributed by atoms with Crippen molar-refractivity contribution in [2.24, 2.45) is 0 Å². The molecule has 2 N–H and O–H groups in total. The molecule has 3 aromatic rings. The normalized spacial score (nSPS) is 12.4. The lowest BCUT2D eigenvalue weighted by atomic mass is 9.98. The van der Waals surface area contributed by atoms with Crippen molar-refractivity contribution in [3.63, 3.8) is 0 Å². The highest BCUT2D eigenvalue weighted by molar-refractivity contribution is 5.76. The van der Waals surface area contributed by atoms with E-state index in [0.717, 1.165) is 24.2 Å². The number of aromatic nitrogens is 1. The van der Waals surface area contributed by atoms with Crippen LogP contribution in [0, 0.1) is 0 Å². The summed E-state index contributed by atoms with van der Waals surface area (Å²) >= 11 is 0. The van der Waals surface area contributed by atoms with E-state index in [1.807, 2.05) is 18.2 Å². The Bertz CT molecular complexity index is 774. The Kier molecular flexibility index (Phi) is 3.77. The fourth-order valence-corrected chi connectivity index (χ4v) is 2.44. The molecule has 2 aromatic carbocycles. The zero-order chi connectivity index (χ0) is 14.7. The molecule has 0 amide bonds. The van der Waals surface area contributed by atoms with Crippen molar-refractivity contribution < 1.29 is 4.42 Å². The second kappa shape index (κ2) is 5.87. The predicted molar refractivity (Wildman–Crippen MR) is 84.8 cm³/mol. The van der Waals surface area contributed by atoms with E-state index in [0.29, 0.717) is 11.5 Å². The van der Waals surface area contributed by atoms with Crippen LogP contribution in [0.25, 0.3) is 11.1 Å². The third kappa shape index (κ3) is 3.16. The number of aromatic amines is 1. The van der Waals surface area contributed by atoms with Gasteiger partial charge in [-0.15, -0.1) is 0 Å². The summed E-state index contributed by atoms with van der Waals surface area (Å²) in [6, 6.07) is 16.1. The van der Waals surface area contributed by atoms with Crippen LogP contribution in [-0.4, -0.2) is 11.5 Å². The highest BCUT2D eigenvalue weighted by atomic mass is 16.4. The first-order chi connectivity index (χ1) is 10.2. The van der Waals surface area contributed by atoms with Crippen LogP contribution < -0.4 is 11.1 Å². The molecule has 1 aromatic heterocycles. The maximum Gasteiger partial charge on any atom is 0.417 e. The Balaban J connectivity index is 1.60. The van der Waals surface area contributed by atoms with E-state index >= 15 is 0 Å². The van der Waals surface area contributed by atoms with E-state index in [-0.39, 0.29) is 0 Å². The van der Waals surface area contributed by atoms with Gasteiger partial charge in [0.25, 0.3) is 0 Å². The number of benzene rings is 2. The Morgan fingerprint density at radius 1 is 1.19 bits per heavy atom. The predicted octanol–water partition coefficient (Wildman–Crippen LogP) is 3.73.